The second-order valence-electron chi connectivity index (χ2n) is 4.59. The van der Waals surface area contributed by atoms with Crippen LogP contribution in [0.25, 0.3) is 10.6 Å². The van der Waals surface area contributed by atoms with Gasteiger partial charge in [-0.25, -0.2) is 4.79 Å². The average Bonchev–Trinajstić information content (AvgIpc) is 3.10. The highest BCUT2D eigenvalue weighted by Crippen LogP contribution is 2.29. The lowest BCUT2D eigenvalue weighted by Crippen LogP contribution is -2.20. The van der Waals surface area contributed by atoms with E-state index in [0.29, 0.717) is 10.6 Å². The lowest BCUT2D eigenvalue weighted by Gasteiger charge is -2.21. The van der Waals surface area contributed by atoms with Crippen molar-refractivity contribution in [3.05, 3.63) is 22.4 Å². The summed E-state index contributed by atoms with van der Waals surface area (Å²) in [6.45, 7) is 0. The number of hydrogen-bond donors (Lipinski definition) is 0. The largest absolute Gasteiger partial charge is 0.458 e. The number of ether oxygens (including phenoxy) is 1. The van der Waals surface area contributed by atoms with E-state index in [-0.39, 0.29) is 12.1 Å². The van der Waals surface area contributed by atoms with Gasteiger partial charge < -0.3 is 4.74 Å². The molecule has 0 atom stereocenters. The highest BCUT2D eigenvalue weighted by molar-refractivity contribution is 7.14. The van der Waals surface area contributed by atoms with Crippen LogP contribution in [0.1, 0.15) is 41.8 Å². The van der Waals surface area contributed by atoms with Crippen LogP contribution < -0.4 is 0 Å². The number of aromatic nitrogens is 2. The fourth-order valence-corrected chi connectivity index (χ4v) is 3.63. The first-order chi connectivity index (χ1) is 9.34. The van der Waals surface area contributed by atoms with E-state index in [4.69, 9.17) is 4.74 Å². The van der Waals surface area contributed by atoms with Gasteiger partial charge in [0.25, 0.3) is 0 Å². The Bertz CT molecular complexity index is 545. The fraction of sp³-hybridized carbons (Fsp3) is 0.462. The monoisotopic (exact) mass is 294 g/mol. The van der Waals surface area contributed by atoms with Crippen LogP contribution in [0.4, 0.5) is 0 Å². The predicted molar refractivity (Wildman–Crippen MR) is 75.5 cm³/mol. The van der Waals surface area contributed by atoms with E-state index in [9.17, 15) is 4.79 Å². The van der Waals surface area contributed by atoms with E-state index in [1.165, 1.54) is 6.42 Å². The molecule has 0 radical (unpaired) electrons. The Hall–Kier alpha value is -1.27. The molecule has 1 saturated carbocycles. The maximum Gasteiger partial charge on any atom is 0.352 e. The van der Waals surface area contributed by atoms with Crippen LogP contribution in [0, 0.1) is 0 Å². The Kier molecular flexibility index (Phi) is 3.89. The number of rotatable bonds is 3. The number of nitrogens with zero attached hydrogens (tertiary/aromatic N) is 2. The first-order valence-electron chi connectivity index (χ1n) is 6.42. The molecule has 3 rings (SSSR count). The van der Waals surface area contributed by atoms with Gasteiger partial charge in [0.2, 0.25) is 0 Å². The molecule has 1 fully saturated rings. The molecule has 2 heterocycles. The molecule has 1 aliphatic carbocycles. The van der Waals surface area contributed by atoms with Gasteiger partial charge in [0.05, 0.1) is 4.88 Å². The van der Waals surface area contributed by atoms with Gasteiger partial charge in [-0.2, -0.15) is 0 Å². The molecule has 2 aromatic heterocycles. The van der Waals surface area contributed by atoms with Crippen molar-refractivity contribution in [2.45, 2.75) is 38.2 Å². The fourth-order valence-electron chi connectivity index (χ4n) is 2.29. The van der Waals surface area contributed by atoms with Crippen LogP contribution in [0.3, 0.4) is 0 Å². The first kappa shape index (κ1) is 12.7. The Balaban J connectivity index is 1.75. The smallest absolute Gasteiger partial charge is 0.352 e. The molecule has 0 saturated heterocycles. The summed E-state index contributed by atoms with van der Waals surface area (Å²) in [5.74, 6) is -0.273. The van der Waals surface area contributed by atoms with Gasteiger partial charge in [0, 0.05) is 0 Å². The van der Waals surface area contributed by atoms with Crippen LogP contribution in [0.2, 0.25) is 0 Å². The molecule has 0 bridgehead atoms. The lowest BCUT2D eigenvalue weighted by molar-refractivity contribution is 0.0217. The highest BCUT2D eigenvalue weighted by Gasteiger charge is 2.24. The van der Waals surface area contributed by atoms with E-state index in [1.807, 2.05) is 17.5 Å². The second kappa shape index (κ2) is 5.79. The number of carbonyl (C=O) groups excluding carboxylic acids is 1. The molecule has 0 spiro atoms. The summed E-state index contributed by atoms with van der Waals surface area (Å²) in [6.07, 6.45) is 5.57. The number of carbonyl (C=O) groups is 1. The number of esters is 1. The Morgan fingerprint density at radius 2 is 2.16 bits per heavy atom. The third-order valence-electron chi connectivity index (χ3n) is 3.25. The summed E-state index contributed by atoms with van der Waals surface area (Å²) >= 11 is 2.67. The summed E-state index contributed by atoms with van der Waals surface area (Å²) in [5.41, 5.74) is 0.654. The van der Waals surface area contributed by atoms with Gasteiger partial charge in [-0.15, -0.1) is 16.4 Å². The van der Waals surface area contributed by atoms with Gasteiger partial charge in [-0.05, 0) is 48.7 Å². The van der Waals surface area contributed by atoms with E-state index in [1.54, 1.807) is 11.3 Å². The van der Waals surface area contributed by atoms with Crippen molar-refractivity contribution in [3.63, 3.8) is 0 Å². The van der Waals surface area contributed by atoms with Crippen molar-refractivity contribution in [2.75, 3.05) is 0 Å². The molecule has 0 aliphatic heterocycles. The predicted octanol–water partition coefficient (Wildman–Crippen LogP) is 3.76. The van der Waals surface area contributed by atoms with Crippen molar-refractivity contribution in [1.29, 1.82) is 0 Å². The van der Waals surface area contributed by atoms with E-state index < -0.39 is 0 Å². The van der Waals surface area contributed by atoms with Crippen LogP contribution >= 0.6 is 22.9 Å². The third kappa shape index (κ3) is 2.84. The third-order valence-corrected chi connectivity index (χ3v) is 4.84. The Morgan fingerprint density at radius 3 is 2.89 bits per heavy atom. The summed E-state index contributed by atoms with van der Waals surface area (Å²) in [5, 5.41) is 6.01. The molecule has 0 aromatic carbocycles. The molecule has 1 aliphatic rings. The Morgan fingerprint density at radius 1 is 1.32 bits per heavy atom. The SMILES string of the molecule is O=C(OC1CCCCC1)c1snnc1-c1cccs1. The van der Waals surface area contributed by atoms with E-state index in [2.05, 4.69) is 9.59 Å². The minimum Gasteiger partial charge on any atom is -0.458 e. The van der Waals surface area contributed by atoms with Gasteiger partial charge in [0.1, 0.15) is 11.8 Å². The van der Waals surface area contributed by atoms with Gasteiger partial charge in [-0.1, -0.05) is 17.0 Å². The van der Waals surface area contributed by atoms with Crippen LogP contribution in [-0.2, 0) is 4.74 Å². The van der Waals surface area contributed by atoms with Crippen molar-refractivity contribution in [2.24, 2.45) is 0 Å². The van der Waals surface area contributed by atoms with Crippen LogP contribution in [0.5, 0.6) is 0 Å². The summed E-state index contributed by atoms with van der Waals surface area (Å²) in [4.78, 5) is 13.7. The summed E-state index contributed by atoms with van der Waals surface area (Å²) in [6, 6.07) is 3.88. The molecule has 4 nitrogen and oxygen atoms in total. The molecule has 0 N–H and O–H groups in total. The lowest BCUT2D eigenvalue weighted by atomic mass is 9.98. The minimum atomic E-state index is -0.273. The number of hydrogen-bond acceptors (Lipinski definition) is 6. The maximum atomic E-state index is 12.2. The standard InChI is InChI=1S/C13H14N2O2S2/c16-13(17-9-5-2-1-3-6-9)12-11(14-15-19-12)10-7-4-8-18-10/h4,7-9H,1-3,5-6H2. The molecular weight excluding hydrogens is 280 g/mol. The Labute approximate surface area is 119 Å². The second-order valence-corrected chi connectivity index (χ2v) is 6.30. The summed E-state index contributed by atoms with van der Waals surface area (Å²) in [7, 11) is 0. The first-order valence-corrected chi connectivity index (χ1v) is 8.07. The van der Waals surface area contributed by atoms with Gasteiger partial charge in [-0.3, -0.25) is 0 Å². The highest BCUT2D eigenvalue weighted by atomic mass is 32.1. The van der Waals surface area contributed by atoms with Crippen molar-refractivity contribution in [3.8, 4) is 10.6 Å². The average molecular weight is 294 g/mol. The van der Waals surface area contributed by atoms with Crippen molar-refractivity contribution >= 4 is 28.8 Å². The van der Waals surface area contributed by atoms with Gasteiger partial charge in [0.15, 0.2) is 4.88 Å². The maximum absolute atomic E-state index is 12.2. The molecule has 6 heteroatoms. The quantitative estimate of drug-likeness (QED) is 0.809. The zero-order valence-electron chi connectivity index (χ0n) is 10.4. The molecular formula is C13H14N2O2S2. The molecule has 19 heavy (non-hydrogen) atoms. The molecule has 2 aromatic rings. The van der Waals surface area contributed by atoms with Crippen molar-refractivity contribution < 1.29 is 9.53 Å². The van der Waals surface area contributed by atoms with Crippen LogP contribution in [0.15, 0.2) is 17.5 Å². The number of thiophene rings is 1. The zero-order valence-corrected chi connectivity index (χ0v) is 12.0. The zero-order chi connectivity index (χ0) is 13.1. The van der Waals surface area contributed by atoms with Crippen molar-refractivity contribution in [1.82, 2.24) is 9.59 Å². The normalized spacial score (nSPS) is 16.4. The molecule has 0 unspecified atom stereocenters. The topological polar surface area (TPSA) is 52.1 Å². The van der Waals surface area contributed by atoms with Crippen LogP contribution in [-0.4, -0.2) is 21.7 Å². The van der Waals surface area contributed by atoms with E-state index >= 15 is 0 Å². The van der Waals surface area contributed by atoms with E-state index in [0.717, 1.165) is 42.1 Å². The summed E-state index contributed by atoms with van der Waals surface area (Å²) < 4.78 is 9.46. The molecule has 0 amide bonds. The molecule has 100 valence electrons. The minimum absolute atomic E-state index is 0.0690. The van der Waals surface area contributed by atoms with Gasteiger partial charge >= 0.3 is 5.97 Å².